The molecule has 0 atom stereocenters. The van der Waals surface area contributed by atoms with Crippen molar-refractivity contribution < 1.29 is 32.2 Å². The van der Waals surface area contributed by atoms with Crippen molar-refractivity contribution in [2.75, 3.05) is 27.3 Å². The molecule has 2 heterocycles. The fraction of sp³-hybridized carbons (Fsp3) is 0.407. The number of aromatic amines is 1. The number of piperidine rings is 1. The monoisotopic (exact) mass is 517 g/mol. The van der Waals surface area contributed by atoms with Gasteiger partial charge in [-0.1, -0.05) is 6.07 Å². The molecule has 0 unspecified atom stereocenters. The lowest BCUT2D eigenvalue weighted by molar-refractivity contribution is -0.134. The van der Waals surface area contributed by atoms with Crippen LogP contribution in [-0.4, -0.2) is 55.2 Å². The van der Waals surface area contributed by atoms with Crippen LogP contribution in [-0.2, 0) is 16.0 Å². The molecule has 1 aliphatic heterocycles. The molecular formula is C27H30F3N3O4. The Morgan fingerprint density at radius 2 is 1.73 bits per heavy atom. The van der Waals surface area contributed by atoms with E-state index in [0.29, 0.717) is 59.6 Å². The highest BCUT2D eigenvalue weighted by molar-refractivity contribution is 5.92. The van der Waals surface area contributed by atoms with Crippen LogP contribution in [0.25, 0.3) is 22.2 Å². The van der Waals surface area contributed by atoms with Gasteiger partial charge in [0, 0.05) is 42.4 Å². The molecule has 3 aromatic rings. The molecule has 2 amide bonds. The highest BCUT2D eigenvalue weighted by Gasteiger charge is 2.32. The SMILES string of the molecule is COc1ccc(-c2[nH]c3ccc(C4CCN(C(=O)CCC(N)=O)CC4)cc3c2CC(F)(F)F)cc1OC. The molecule has 0 aliphatic carbocycles. The van der Waals surface area contributed by atoms with Crippen LogP contribution in [0.4, 0.5) is 13.2 Å². The number of amides is 2. The number of hydrogen-bond acceptors (Lipinski definition) is 4. The topological polar surface area (TPSA) is 97.6 Å². The van der Waals surface area contributed by atoms with Crippen LogP contribution in [0.5, 0.6) is 11.5 Å². The second-order valence-electron chi connectivity index (χ2n) is 9.27. The number of methoxy groups -OCH3 is 2. The number of halogens is 3. The van der Waals surface area contributed by atoms with Crippen LogP contribution in [0.15, 0.2) is 36.4 Å². The van der Waals surface area contributed by atoms with Crippen molar-refractivity contribution in [2.45, 2.75) is 44.2 Å². The largest absolute Gasteiger partial charge is 0.493 e. The number of nitrogens with zero attached hydrogens (tertiary/aromatic N) is 1. The summed E-state index contributed by atoms with van der Waals surface area (Å²) in [6, 6.07) is 10.6. The van der Waals surface area contributed by atoms with E-state index < -0.39 is 18.5 Å². The van der Waals surface area contributed by atoms with Gasteiger partial charge in [-0.25, -0.2) is 0 Å². The Hall–Kier alpha value is -3.69. The standard InChI is InChI=1S/C27H30F3N3O4/c1-36-22-6-4-18(14-23(22)37-2)26-20(15-27(28,29)30)19-13-17(3-5-21(19)32-26)16-9-11-33(12-10-16)25(35)8-7-24(31)34/h3-6,13-14,16,32H,7-12,15H2,1-2H3,(H2,31,34). The molecule has 0 spiro atoms. The predicted molar refractivity (Wildman–Crippen MR) is 134 cm³/mol. The predicted octanol–water partition coefficient (Wildman–Crippen LogP) is 4.93. The Morgan fingerprint density at radius 1 is 1.03 bits per heavy atom. The van der Waals surface area contributed by atoms with Gasteiger partial charge in [-0.05, 0) is 60.2 Å². The number of alkyl halides is 3. The van der Waals surface area contributed by atoms with Crippen LogP contribution in [0.1, 0.15) is 42.7 Å². The molecule has 1 fully saturated rings. The van der Waals surface area contributed by atoms with E-state index in [2.05, 4.69) is 4.98 Å². The number of fused-ring (bicyclic) bond motifs is 1. The number of carbonyl (C=O) groups excluding carboxylic acids is 2. The first-order valence-corrected chi connectivity index (χ1v) is 12.1. The molecule has 0 saturated carbocycles. The first-order chi connectivity index (χ1) is 17.6. The van der Waals surface area contributed by atoms with Crippen molar-refractivity contribution in [2.24, 2.45) is 5.73 Å². The number of carbonyl (C=O) groups is 2. The number of nitrogens with two attached hydrogens (primary N) is 1. The third kappa shape index (κ3) is 6.00. The smallest absolute Gasteiger partial charge is 0.393 e. The number of H-pyrrole nitrogens is 1. The maximum atomic E-state index is 13.7. The average molecular weight is 518 g/mol. The van der Waals surface area contributed by atoms with E-state index in [1.165, 1.54) is 14.2 Å². The molecule has 3 N–H and O–H groups in total. The number of aromatic nitrogens is 1. The number of nitrogens with one attached hydrogen (secondary N) is 1. The minimum atomic E-state index is -4.40. The molecule has 4 rings (SSSR count). The summed E-state index contributed by atoms with van der Waals surface area (Å²) in [6.45, 7) is 1.06. The van der Waals surface area contributed by atoms with Crippen molar-refractivity contribution in [3.05, 3.63) is 47.5 Å². The summed E-state index contributed by atoms with van der Waals surface area (Å²) in [4.78, 5) is 28.2. The molecule has 1 saturated heterocycles. The zero-order chi connectivity index (χ0) is 26.7. The van der Waals surface area contributed by atoms with E-state index in [9.17, 15) is 22.8 Å². The quantitative estimate of drug-likeness (QED) is 0.443. The highest BCUT2D eigenvalue weighted by atomic mass is 19.4. The second kappa shape index (κ2) is 10.7. The summed E-state index contributed by atoms with van der Waals surface area (Å²) in [5, 5.41) is 0.527. The minimum Gasteiger partial charge on any atom is -0.493 e. The Kier molecular flexibility index (Phi) is 7.65. The second-order valence-corrected chi connectivity index (χ2v) is 9.27. The summed E-state index contributed by atoms with van der Waals surface area (Å²) in [6.07, 6.45) is -3.98. The van der Waals surface area contributed by atoms with Crippen molar-refractivity contribution in [3.63, 3.8) is 0 Å². The Labute approximate surface area is 212 Å². The van der Waals surface area contributed by atoms with Gasteiger partial charge in [0.2, 0.25) is 11.8 Å². The number of likely N-dealkylation sites (tertiary alicyclic amines) is 1. The number of hydrogen-bond donors (Lipinski definition) is 2. The molecule has 0 radical (unpaired) electrons. The van der Waals surface area contributed by atoms with Gasteiger partial charge in [0.25, 0.3) is 0 Å². The maximum Gasteiger partial charge on any atom is 0.393 e. The molecule has 2 aromatic carbocycles. The van der Waals surface area contributed by atoms with Crippen molar-refractivity contribution >= 4 is 22.7 Å². The lowest BCUT2D eigenvalue weighted by Gasteiger charge is -2.32. The van der Waals surface area contributed by atoms with Crippen LogP contribution < -0.4 is 15.2 Å². The van der Waals surface area contributed by atoms with Crippen molar-refractivity contribution in [1.29, 1.82) is 0 Å². The number of ether oxygens (including phenoxy) is 2. The Morgan fingerprint density at radius 3 is 2.35 bits per heavy atom. The van der Waals surface area contributed by atoms with Crippen LogP contribution in [0.3, 0.4) is 0 Å². The fourth-order valence-electron chi connectivity index (χ4n) is 4.99. The van der Waals surface area contributed by atoms with Crippen LogP contribution in [0.2, 0.25) is 0 Å². The van der Waals surface area contributed by atoms with Gasteiger partial charge in [-0.3, -0.25) is 9.59 Å². The van der Waals surface area contributed by atoms with Crippen molar-refractivity contribution in [3.8, 4) is 22.8 Å². The van der Waals surface area contributed by atoms with Gasteiger partial charge in [0.1, 0.15) is 0 Å². The van der Waals surface area contributed by atoms with E-state index in [4.69, 9.17) is 15.2 Å². The minimum absolute atomic E-state index is 0.0211. The Bertz CT molecular complexity index is 1290. The van der Waals surface area contributed by atoms with E-state index in [-0.39, 0.29) is 30.2 Å². The molecule has 37 heavy (non-hydrogen) atoms. The van der Waals surface area contributed by atoms with Gasteiger partial charge in [0.15, 0.2) is 11.5 Å². The number of rotatable bonds is 8. The van der Waals surface area contributed by atoms with Gasteiger partial charge in [-0.2, -0.15) is 13.2 Å². The zero-order valence-corrected chi connectivity index (χ0v) is 20.8. The zero-order valence-electron chi connectivity index (χ0n) is 20.8. The lowest BCUT2D eigenvalue weighted by Crippen LogP contribution is -2.38. The first-order valence-electron chi connectivity index (χ1n) is 12.1. The summed E-state index contributed by atoms with van der Waals surface area (Å²) in [5.74, 6) is 0.411. The lowest BCUT2D eigenvalue weighted by atomic mass is 9.88. The van der Waals surface area contributed by atoms with E-state index in [1.807, 2.05) is 18.2 Å². The fourth-order valence-corrected chi connectivity index (χ4v) is 4.99. The number of primary amides is 1. The van der Waals surface area contributed by atoms with E-state index >= 15 is 0 Å². The molecule has 198 valence electrons. The van der Waals surface area contributed by atoms with Gasteiger partial charge in [-0.15, -0.1) is 0 Å². The molecule has 10 heteroatoms. The molecule has 1 aromatic heterocycles. The summed E-state index contributed by atoms with van der Waals surface area (Å²) < 4.78 is 51.6. The van der Waals surface area contributed by atoms with E-state index in [0.717, 1.165) is 5.56 Å². The Balaban J connectivity index is 1.64. The molecule has 0 bridgehead atoms. The molecular weight excluding hydrogens is 487 g/mol. The average Bonchev–Trinajstić information content (AvgIpc) is 3.22. The normalized spacial score (nSPS) is 14.7. The summed E-state index contributed by atoms with van der Waals surface area (Å²) in [7, 11) is 2.98. The summed E-state index contributed by atoms with van der Waals surface area (Å²) in [5.41, 5.74) is 7.83. The first kappa shape index (κ1) is 26.4. The van der Waals surface area contributed by atoms with E-state index in [1.54, 1.807) is 23.1 Å². The van der Waals surface area contributed by atoms with Crippen molar-refractivity contribution in [1.82, 2.24) is 9.88 Å². The van der Waals surface area contributed by atoms with Gasteiger partial charge in [0.05, 0.1) is 26.3 Å². The van der Waals surface area contributed by atoms with Crippen LogP contribution in [0, 0.1) is 0 Å². The van der Waals surface area contributed by atoms with Gasteiger partial charge >= 0.3 is 6.18 Å². The molecule has 1 aliphatic rings. The highest BCUT2D eigenvalue weighted by Crippen LogP contribution is 2.40. The third-order valence-corrected chi connectivity index (χ3v) is 6.88. The molecule has 7 nitrogen and oxygen atoms in total. The summed E-state index contributed by atoms with van der Waals surface area (Å²) >= 11 is 0. The van der Waals surface area contributed by atoms with Gasteiger partial charge < -0.3 is 25.1 Å². The van der Waals surface area contributed by atoms with Crippen LogP contribution >= 0.6 is 0 Å². The third-order valence-electron chi connectivity index (χ3n) is 6.88. The maximum absolute atomic E-state index is 13.7. The number of benzene rings is 2.